The van der Waals surface area contributed by atoms with Gasteiger partial charge >= 0.3 is 11.9 Å². The van der Waals surface area contributed by atoms with Crippen molar-refractivity contribution in [2.75, 3.05) is 0 Å². The van der Waals surface area contributed by atoms with Crippen molar-refractivity contribution in [2.24, 2.45) is 29.6 Å². The van der Waals surface area contributed by atoms with Gasteiger partial charge in [-0.2, -0.15) is 0 Å². The van der Waals surface area contributed by atoms with Gasteiger partial charge in [0, 0.05) is 6.08 Å². The minimum absolute atomic E-state index is 0.0435. The largest absolute Gasteiger partial charge is 0.481 e. The Kier molecular flexibility index (Phi) is 4.51. The molecule has 112 valence electrons. The number of carbonyl (C=O) groups is 2. The van der Waals surface area contributed by atoms with Crippen molar-refractivity contribution in [3.05, 3.63) is 12.7 Å². The van der Waals surface area contributed by atoms with Gasteiger partial charge in [-0.3, -0.25) is 4.79 Å². The zero-order valence-electron chi connectivity index (χ0n) is 12.2. The normalized spacial score (nSPS) is 36.6. The monoisotopic (exact) mass is 280 g/mol. The summed E-state index contributed by atoms with van der Waals surface area (Å²) in [6, 6.07) is 0. The van der Waals surface area contributed by atoms with Crippen molar-refractivity contribution in [3.8, 4) is 0 Å². The molecule has 2 aliphatic rings. The second kappa shape index (κ2) is 5.98. The van der Waals surface area contributed by atoms with Gasteiger partial charge in [-0.15, -0.1) is 0 Å². The number of rotatable bonds is 6. The molecule has 0 spiro atoms. The van der Waals surface area contributed by atoms with E-state index in [1.54, 1.807) is 0 Å². The Hall–Kier alpha value is -1.32. The van der Waals surface area contributed by atoms with Gasteiger partial charge < -0.3 is 9.84 Å². The fraction of sp³-hybridized carbons (Fsp3) is 0.750. The topological polar surface area (TPSA) is 63.6 Å². The number of aliphatic carboxylic acids is 1. The van der Waals surface area contributed by atoms with Crippen molar-refractivity contribution in [1.82, 2.24) is 0 Å². The lowest BCUT2D eigenvalue weighted by molar-refractivity contribution is -0.149. The molecule has 0 aromatic rings. The van der Waals surface area contributed by atoms with Crippen LogP contribution >= 0.6 is 0 Å². The number of hydrogen-bond acceptors (Lipinski definition) is 3. The molecule has 0 amide bonds. The Morgan fingerprint density at radius 3 is 2.65 bits per heavy atom. The van der Waals surface area contributed by atoms with E-state index >= 15 is 0 Å². The molecule has 0 aromatic carbocycles. The standard InChI is InChI=1S/C16H24O4/c1-4-10(16(18)19)6-12-9(3)11-7-13(12)14(8-11)20-15(17)5-2/h5,9-14H,2,4,6-8H2,1,3H3,(H,18,19). The lowest BCUT2D eigenvalue weighted by atomic mass is 9.74. The molecule has 2 bridgehead atoms. The highest BCUT2D eigenvalue weighted by Crippen LogP contribution is 2.55. The van der Waals surface area contributed by atoms with Crippen LogP contribution < -0.4 is 0 Å². The summed E-state index contributed by atoms with van der Waals surface area (Å²) in [5.41, 5.74) is 0. The van der Waals surface area contributed by atoms with E-state index in [0.717, 1.165) is 12.8 Å². The van der Waals surface area contributed by atoms with Gasteiger partial charge in [-0.1, -0.05) is 20.4 Å². The zero-order valence-corrected chi connectivity index (χ0v) is 12.2. The molecule has 0 aliphatic heterocycles. The van der Waals surface area contributed by atoms with Crippen LogP contribution in [0.1, 0.15) is 39.5 Å². The van der Waals surface area contributed by atoms with Crippen LogP contribution in [0.2, 0.25) is 0 Å². The fourth-order valence-electron chi connectivity index (χ4n) is 4.18. The van der Waals surface area contributed by atoms with Crippen LogP contribution in [0, 0.1) is 29.6 Å². The smallest absolute Gasteiger partial charge is 0.330 e. The molecule has 1 N–H and O–H groups in total. The summed E-state index contributed by atoms with van der Waals surface area (Å²) in [7, 11) is 0. The molecular weight excluding hydrogens is 256 g/mol. The van der Waals surface area contributed by atoms with Crippen LogP contribution in [0.15, 0.2) is 12.7 Å². The molecule has 20 heavy (non-hydrogen) atoms. The Morgan fingerprint density at radius 1 is 1.45 bits per heavy atom. The molecule has 2 rings (SSSR count). The molecular formula is C16H24O4. The van der Waals surface area contributed by atoms with Crippen LogP contribution in [0.5, 0.6) is 0 Å². The maximum Gasteiger partial charge on any atom is 0.330 e. The van der Waals surface area contributed by atoms with E-state index in [0.29, 0.717) is 36.5 Å². The molecule has 4 heteroatoms. The third kappa shape index (κ3) is 2.74. The van der Waals surface area contributed by atoms with Gasteiger partial charge in [0.15, 0.2) is 0 Å². The Balaban J connectivity index is 2.04. The van der Waals surface area contributed by atoms with Crippen molar-refractivity contribution >= 4 is 11.9 Å². The summed E-state index contributed by atoms with van der Waals surface area (Å²) >= 11 is 0. The second-order valence-corrected chi connectivity index (χ2v) is 6.28. The molecule has 0 heterocycles. The summed E-state index contributed by atoms with van der Waals surface area (Å²) in [6.07, 6.45) is 4.51. The molecule has 6 unspecified atom stereocenters. The minimum Gasteiger partial charge on any atom is -0.481 e. The highest BCUT2D eigenvalue weighted by Gasteiger charge is 2.52. The average Bonchev–Trinajstić information content (AvgIpc) is 2.94. The van der Waals surface area contributed by atoms with E-state index in [4.69, 9.17) is 4.74 Å². The van der Waals surface area contributed by atoms with Crippen LogP contribution in [0.25, 0.3) is 0 Å². The van der Waals surface area contributed by atoms with E-state index in [9.17, 15) is 14.7 Å². The van der Waals surface area contributed by atoms with Crippen LogP contribution in [-0.4, -0.2) is 23.1 Å². The lowest BCUT2D eigenvalue weighted by Gasteiger charge is -2.34. The number of carbonyl (C=O) groups excluding carboxylic acids is 1. The fourth-order valence-corrected chi connectivity index (χ4v) is 4.18. The van der Waals surface area contributed by atoms with Crippen molar-refractivity contribution in [3.63, 3.8) is 0 Å². The first-order chi connectivity index (χ1) is 9.47. The summed E-state index contributed by atoms with van der Waals surface area (Å²) in [6.45, 7) is 7.57. The number of carboxylic acids is 1. The average molecular weight is 280 g/mol. The van der Waals surface area contributed by atoms with Gasteiger partial charge in [0.2, 0.25) is 0 Å². The van der Waals surface area contributed by atoms with E-state index in [1.807, 2.05) is 6.92 Å². The third-order valence-electron chi connectivity index (χ3n) is 5.39. The van der Waals surface area contributed by atoms with Crippen molar-refractivity contribution in [1.29, 1.82) is 0 Å². The number of ether oxygens (including phenoxy) is 1. The molecule has 4 nitrogen and oxygen atoms in total. The van der Waals surface area contributed by atoms with Gasteiger partial charge in [-0.05, 0) is 49.4 Å². The summed E-state index contributed by atoms with van der Waals surface area (Å²) in [4.78, 5) is 22.6. The quantitative estimate of drug-likeness (QED) is 0.600. The van der Waals surface area contributed by atoms with E-state index in [1.165, 1.54) is 6.08 Å². The molecule has 6 atom stereocenters. The summed E-state index contributed by atoms with van der Waals surface area (Å²) in [5.74, 6) is 0.439. The van der Waals surface area contributed by atoms with Crippen molar-refractivity contribution in [2.45, 2.75) is 45.6 Å². The van der Waals surface area contributed by atoms with Gasteiger partial charge in [0.05, 0.1) is 5.92 Å². The lowest BCUT2D eigenvalue weighted by Crippen LogP contribution is -2.35. The molecule has 0 radical (unpaired) electrons. The highest BCUT2D eigenvalue weighted by molar-refractivity contribution is 5.81. The van der Waals surface area contributed by atoms with Gasteiger partial charge in [-0.25, -0.2) is 4.79 Å². The Labute approximate surface area is 120 Å². The molecule has 0 saturated heterocycles. The predicted octanol–water partition coefficient (Wildman–Crippen LogP) is 2.88. The summed E-state index contributed by atoms with van der Waals surface area (Å²) < 4.78 is 5.44. The Morgan fingerprint density at radius 2 is 2.15 bits per heavy atom. The first-order valence-electron chi connectivity index (χ1n) is 7.53. The number of esters is 1. The second-order valence-electron chi connectivity index (χ2n) is 6.28. The maximum atomic E-state index is 11.4. The Bertz CT molecular complexity index is 403. The summed E-state index contributed by atoms with van der Waals surface area (Å²) in [5, 5.41) is 9.24. The van der Waals surface area contributed by atoms with E-state index in [2.05, 4.69) is 13.5 Å². The number of fused-ring (bicyclic) bond motifs is 2. The first-order valence-corrected chi connectivity index (χ1v) is 7.53. The molecule has 2 saturated carbocycles. The third-order valence-corrected chi connectivity index (χ3v) is 5.39. The zero-order chi connectivity index (χ0) is 14.9. The van der Waals surface area contributed by atoms with Gasteiger partial charge in [0.1, 0.15) is 6.10 Å². The maximum absolute atomic E-state index is 11.4. The van der Waals surface area contributed by atoms with Crippen LogP contribution in [0.4, 0.5) is 0 Å². The number of carboxylic acid groups (broad SMARTS) is 1. The van der Waals surface area contributed by atoms with E-state index < -0.39 is 5.97 Å². The SMILES string of the molecule is C=CC(=O)OC1CC2CC1C(CC(CC)C(=O)O)C2C. The molecule has 0 aromatic heterocycles. The van der Waals surface area contributed by atoms with Crippen molar-refractivity contribution < 1.29 is 19.4 Å². The molecule has 2 fully saturated rings. The van der Waals surface area contributed by atoms with Crippen LogP contribution in [0.3, 0.4) is 0 Å². The van der Waals surface area contributed by atoms with Crippen LogP contribution in [-0.2, 0) is 14.3 Å². The first kappa shape index (κ1) is 15.1. The van der Waals surface area contributed by atoms with E-state index in [-0.39, 0.29) is 18.0 Å². The minimum atomic E-state index is -0.706. The molecule has 2 aliphatic carbocycles. The van der Waals surface area contributed by atoms with Gasteiger partial charge in [0.25, 0.3) is 0 Å². The predicted molar refractivity (Wildman–Crippen MR) is 75.0 cm³/mol. The highest BCUT2D eigenvalue weighted by atomic mass is 16.5. The number of hydrogen-bond donors (Lipinski definition) is 1.